The SMILES string of the molecule is CC(C)CCCCCCCCCCOC(=O)OC1CCCC(OC(=O)OCCCCCC(C)C)C1. The highest BCUT2D eigenvalue weighted by atomic mass is 16.7. The molecule has 0 bridgehead atoms. The van der Waals surface area contributed by atoms with E-state index in [2.05, 4.69) is 27.7 Å². The fraction of sp³-hybridized carbons (Fsp3) is 0.931. The van der Waals surface area contributed by atoms with Crippen molar-refractivity contribution in [3.05, 3.63) is 0 Å². The zero-order valence-electron chi connectivity index (χ0n) is 23.2. The second-order valence-corrected chi connectivity index (χ2v) is 11.1. The van der Waals surface area contributed by atoms with E-state index in [0.717, 1.165) is 57.3 Å². The van der Waals surface area contributed by atoms with Gasteiger partial charge >= 0.3 is 12.3 Å². The van der Waals surface area contributed by atoms with Crippen LogP contribution in [0.4, 0.5) is 9.59 Å². The number of carbonyl (C=O) groups is 2. The molecule has 0 radical (unpaired) electrons. The lowest BCUT2D eigenvalue weighted by molar-refractivity contribution is -0.0350. The van der Waals surface area contributed by atoms with Crippen LogP contribution in [0, 0.1) is 11.8 Å². The first kappa shape index (κ1) is 31.6. The molecule has 0 saturated heterocycles. The van der Waals surface area contributed by atoms with E-state index in [9.17, 15) is 9.59 Å². The predicted molar refractivity (Wildman–Crippen MR) is 141 cm³/mol. The van der Waals surface area contributed by atoms with Crippen LogP contribution in [0.5, 0.6) is 0 Å². The number of hydrogen-bond acceptors (Lipinski definition) is 6. The molecule has 6 heteroatoms. The highest BCUT2D eigenvalue weighted by molar-refractivity contribution is 5.60. The van der Waals surface area contributed by atoms with Gasteiger partial charge in [0.15, 0.2) is 0 Å². The van der Waals surface area contributed by atoms with Crippen LogP contribution in [0.3, 0.4) is 0 Å². The van der Waals surface area contributed by atoms with Crippen LogP contribution in [0.1, 0.15) is 137 Å². The Morgan fingerprint density at radius 2 is 0.971 bits per heavy atom. The van der Waals surface area contributed by atoms with Gasteiger partial charge in [0.05, 0.1) is 13.2 Å². The van der Waals surface area contributed by atoms with E-state index < -0.39 is 12.3 Å². The van der Waals surface area contributed by atoms with Crippen molar-refractivity contribution in [2.45, 2.75) is 149 Å². The molecular formula is C29H54O6. The minimum atomic E-state index is -0.613. The molecule has 0 aliphatic heterocycles. The Morgan fingerprint density at radius 3 is 1.40 bits per heavy atom. The van der Waals surface area contributed by atoms with E-state index in [1.54, 1.807) is 0 Å². The standard InChI is InChI=1S/C29H54O6/c1-24(2)17-12-9-7-5-6-8-10-14-21-32-28(30)34-26-19-16-20-27(23-26)35-29(31)33-22-15-11-13-18-25(3)4/h24-27H,5-23H2,1-4H3. The third-order valence-corrected chi connectivity index (χ3v) is 6.65. The molecule has 0 aromatic carbocycles. The van der Waals surface area contributed by atoms with Crippen LogP contribution in [-0.2, 0) is 18.9 Å². The van der Waals surface area contributed by atoms with Gasteiger partial charge in [-0.15, -0.1) is 0 Å². The number of ether oxygens (including phenoxy) is 4. The minimum absolute atomic E-state index is 0.263. The predicted octanol–water partition coefficient (Wildman–Crippen LogP) is 8.99. The van der Waals surface area contributed by atoms with Gasteiger partial charge in [-0.3, -0.25) is 0 Å². The molecule has 1 rings (SSSR count). The van der Waals surface area contributed by atoms with Gasteiger partial charge in [0.1, 0.15) is 12.2 Å². The topological polar surface area (TPSA) is 71.1 Å². The van der Waals surface area contributed by atoms with Gasteiger partial charge in [-0.1, -0.05) is 98.3 Å². The summed E-state index contributed by atoms with van der Waals surface area (Å²) in [5, 5.41) is 0. The monoisotopic (exact) mass is 498 g/mol. The maximum atomic E-state index is 12.0. The third-order valence-electron chi connectivity index (χ3n) is 6.65. The van der Waals surface area contributed by atoms with Gasteiger partial charge in [0, 0.05) is 6.42 Å². The van der Waals surface area contributed by atoms with Crippen molar-refractivity contribution >= 4 is 12.3 Å². The summed E-state index contributed by atoms with van der Waals surface area (Å²) in [7, 11) is 0. The van der Waals surface area contributed by atoms with Gasteiger partial charge in [0.2, 0.25) is 0 Å². The first-order chi connectivity index (χ1) is 16.9. The van der Waals surface area contributed by atoms with Crippen LogP contribution in [0.2, 0.25) is 0 Å². The van der Waals surface area contributed by atoms with E-state index in [1.165, 1.54) is 51.4 Å². The van der Waals surface area contributed by atoms with E-state index >= 15 is 0 Å². The van der Waals surface area contributed by atoms with Gasteiger partial charge in [-0.2, -0.15) is 0 Å². The maximum absolute atomic E-state index is 12.0. The molecule has 1 aliphatic rings. The number of unbranched alkanes of at least 4 members (excludes halogenated alkanes) is 9. The summed E-state index contributed by atoms with van der Waals surface area (Å²) in [5.41, 5.74) is 0. The normalized spacial score (nSPS) is 18.0. The van der Waals surface area contributed by atoms with Crippen LogP contribution >= 0.6 is 0 Å². The summed E-state index contributed by atoms with van der Waals surface area (Å²) in [5.74, 6) is 1.53. The van der Waals surface area contributed by atoms with Gasteiger partial charge < -0.3 is 18.9 Å². The molecule has 6 nitrogen and oxygen atoms in total. The molecule has 2 atom stereocenters. The van der Waals surface area contributed by atoms with E-state index in [0.29, 0.717) is 25.6 Å². The average molecular weight is 499 g/mol. The molecule has 1 saturated carbocycles. The molecule has 35 heavy (non-hydrogen) atoms. The lowest BCUT2D eigenvalue weighted by atomic mass is 9.95. The summed E-state index contributed by atoms with van der Waals surface area (Å²) in [6, 6.07) is 0. The Hall–Kier alpha value is -1.46. The average Bonchev–Trinajstić information content (AvgIpc) is 2.79. The second kappa shape index (κ2) is 20.7. The molecule has 0 spiro atoms. The molecule has 206 valence electrons. The molecule has 0 heterocycles. The summed E-state index contributed by atoms with van der Waals surface area (Å²) in [4.78, 5) is 24.0. The van der Waals surface area contributed by atoms with Gasteiger partial charge in [0.25, 0.3) is 0 Å². The van der Waals surface area contributed by atoms with Crippen molar-refractivity contribution in [3.63, 3.8) is 0 Å². The first-order valence-electron chi connectivity index (χ1n) is 14.5. The van der Waals surface area contributed by atoms with Crippen molar-refractivity contribution in [3.8, 4) is 0 Å². The van der Waals surface area contributed by atoms with Crippen LogP contribution < -0.4 is 0 Å². The smallest absolute Gasteiger partial charge is 0.434 e. The second-order valence-electron chi connectivity index (χ2n) is 11.1. The summed E-state index contributed by atoms with van der Waals surface area (Å²) >= 11 is 0. The van der Waals surface area contributed by atoms with Crippen LogP contribution in [0.15, 0.2) is 0 Å². The molecule has 0 amide bonds. The highest BCUT2D eigenvalue weighted by Gasteiger charge is 2.28. The quantitative estimate of drug-likeness (QED) is 0.131. The summed E-state index contributed by atoms with van der Waals surface area (Å²) in [6.45, 7) is 9.81. The molecular weight excluding hydrogens is 444 g/mol. The Labute approximate surface area is 215 Å². The Bertz CT molecular complexity index is 533. The maximum Gasteiger partial charge on any atom is 0.508 e. The van der Waals surface area contributed by atoms with Crippen LogP contribution in [-0.4, -0.2) is 37.7 Å². The van der Waals surface area contributed by atoms with Crippen molar-refractivity contribution in [2.75, 3.05) is 13.2 Å². The van der Waals surface area contributed by atoms with E-state index in [4.69, 9.17) is 18.9 Å². The zero-order chi connectivity index (χ0) is 25.7. The van der Waals surface area contributed by atoms with Gasteiger partial charge in [-0.05, 0) is 43.9 Å². The van der Waals surface area contributed by atoms with Crippen molar-refractivity contribution in [2.24, 2.45) is 11.8 Å². The molecule has 1 aliphatic carbocycles. The summed E-state index contributed by atoms with van der Waals surface area (Å²) < 4.78 is 21.3. The molecule has 0 aromatic heterocycles. The summed E-state index contributed by atoms with van der Waals surface area (Å²) in [6.07, 6.45) is 16.5. The largest absolute Gasteiger partial charge is 0.508 e. The molecule has 2 unspecified atom stereocenters. The van der Waals surface area contributed by atoms with Crippen molar-refractivity contribution in [1.29, 1.82) is 0 Å². The van der Waals surface area contributed by atoms with E-state index in [-0.39, 0.29) is 12.2 Å². The lowest BCUT2D eigenvalue weighted by Gasteiger charge is -2.28. The third kappa shape index (κ3) is 19.4. The Balaban J connectivity index is 2.00. The van der Waals surface area contributed by atoms with Crippen molar-refractivity contribution < 1.29 is 28.5 Å². The van der Waals surface area contributed by atoms with Crippen molar-refractivity contribution in [1.82, 2.24) is 0 Å². The van der Waals surface area contributed by atoms with Crippen LogP contribution in [0.25, 0.3) is 0 Å². The fourth-order valence-electron chi connectivity index (χ4n) is 4.51. The zero-order valence-corrected chi connectivity index (χ0v) is 23.2. The Morgan fingerprint density at radius 1 is 0.600 bits per heavy atom. The highest BCUT2D eigenvalue weighted by Crippen LogP contribution is 2.24. The molecule has 0 N–H and O–H groups in total. The van der Waals surface area contributed by atoms with E-state index in [1.807, 2.05) is 0 Å². The first-order valence-corrected chi connectivity index (χ1v) is 14.5. The molecule has 0 aromatic rings. The Kier molecular flexibility index (Phi) is 18.7. The lowest BCUT2D eigenvalue weighted by Crippen LogP contribution is -2.32. The number of rotatable bonds is 19. The minimum Gasteiger partial charge on any atom is -0.434 e. The number of hydrogen-bond donors (Lipinski definition) is 0. The van der Waals surface area contributed by atoms with Gasteiger partial charge in [-0.25, -0.2) is 9.59 Å². The molecule has 1 fully saturated rings. The fourth-order valence-corrected chi connectivity index (χ4v) is 4.51. The number of carbonyl (C=O) groups excluding carboxylic acids is 2.